The molecule has 9 nitrogen and oxygen atoms in total. The van der Waals surface area contributed by atoms with E-state index in [0.29, 0.717) is 50.2 Å². The van der Waals surface area contributed by atoms with Gasteiger partial charge in [0.2, 0.25) is 10.0 Å². The molecule has 0 radical (unpaired) electrons. The zero-order valence-electron chi connectivity index (χ0n) is 22.8. The summed E-state index contributed by atoms with van der Waals surface area (Å²) >= 11 is 0. The fourth-order valence-electron chi connectivity index (χ4n) is 5.44. The van der Waals surface area contributed by atoms with Gasteiger partial charge in [-0.25, -0.2) is 22.2 Å². The summed E-state index contributed by atoms with van der Waals surface area (Å²) in [5, 5.41) is 0.734. The number of sulfonamides is 1. The molecule has 1 amide bonds. The van der Waals surface area contributed by atoms with Gasteiger partial charge < -0.3 is 19.5 Å². The highest BCUT2D eigenvalue weighted by molar-refractivity contribution is 7.92. The second-order valence-corrected chi connectivity index (χ2v) is 12.2. The lowest BCUT2D eigenvalue weighted by molar-refractivity contribution is 0.100. The molecular weight excluding hydrogens is 578 g/mol. The topological polar surface area (TPSA) is 121 Å². The summed E-state index contributed by atoms with van der Waals surface area (Å²) in [6.07, 6.45) is 1.06. The number of hydrogen-bond donors (Lipinski definition) is 1. The standard InChI is InChI=1S/C31H22F2N4O5S/c1-36(43(2,39)40)24-14-27-20(28(31(34)38)30(42-27)16-6-8-17(32)9-7-16)12-19(24)22-10-11-26-29(35-22)25-13-18-21(33)4-3-5-23(18)37(25)15-41-26/h3-14H,15H2,1-2H3,(H2,34,38). The van der Waals surface area contributed by atoms with Gasteiger partial charge in [-0.2, -0.15) is 0 Å². The van der Waals surface area contributed by atoms with Crippen LogP contribution in [0.25, 0.3) is 55.8 Å². The quantitative estimate of drug-likeness (QED) is 0.263. The van der Waals surface area contributed by atoms with Crippen LogP contribution in [0.3, 0.4) is 0 Å². The van der Waals surface area contributed by atoms with Crippen molar-refractivity contribution < 1.29 is 31.1 Å². The highest BCUT2D eigenvalue weighted by atomic mass is 32.2. The Morgan fingerprint density at radius 2 is 1.79 bits per heavy atom. The lowest BCUT2D eigenvalue weighted by Crippen LogP contribution is -2.25. The van der Waals surface area contributed by atoms with Gasteiger partial charge in [0.25, 0.3) is 5.91 Å². The molecule has 1 aliphatic rings. The van der Waals surface area contributed by atoms with Crippen LogP contribution in [-0.2, 0) is 16.8 Å². The number of pyridine rings is 1. The molecule has 0 fully saturated rings. The van der Waals surface area contributed by atoms with E-state index in [1.165, 1.54) is 43.4 Å². The number of fused-ring (bicyclic) bond motifs is 6. The number of carbonyl (C=O) groups is 1. The second kappa shape index (κ2) is 9.39. The zero-order chi connectivity index (χ0) is 30.2. The fraction of sp³-hybridized carbons (Fsp3) is 0.0968. The van der Waals surface area contributed by atoms with E-state index in [2.05, 4.69) is 0 Å². The number of benzene rings is 3. The Morgan fingerprint density at radius 1 is 1.02 bits per heavy atom. The molecule has 0 aliphatic carbocycles. The van der Waals surface area contributed by atoms with E-state index in [1.54, 1.807) is 41.0 Å². The molecule has 0 bridgehead atoms. The molecule has 2 N–H and O–H groups in total. The Kier molecular flexibility index (Phi) is 5.82. The van der Waals surface area contributed by atoms with E-state index in [1.807, 2.05) is 0 Å². The zero-order valence-corrected chi connectivity index (χ0v) is 23.6. The van der Waals surface area contributed by atoms with Gasteiger partial charge in [-0.1, -0.05) is 6.07 Å². The first-order valence-electron chi connectivity index (χ1n) is 13.0. The van der Waals surface area contributed by atoms with Crippen molar-refractivity contribution in [3.05, 3.63) is 90.0 Å². The second-order valence-electron chi connectivity index (χ2n) is 10.2. The molecule has 43 heavy (non-hydrogen) atoms. The van der Waals surface area contributed by atoms with Crippen LogP contribution in [0.5, 0.6) is 5.75 Å². The highest BCUT2D eigenvalue weighted by Crippen LogP contribution is 2.43. The van der Waals surface area contributed by atoms with Crippen LogP contribution >= 0.6 is 0 Å². The van der Waals surface area contributed by atoms with Gasteiger partial charge in [0.1, 0.15) is 34.4 Å². The average molecular weight is 601 g/mol. The number of furan rings is 1. The predicted molar refractivity (Wildman–Crippen MR) is 158 cm³/mol. The van der Waals surface area contributed by atoms with E-state index in [9.17, 15) is 22.0 Å². The molecule has 1 aliphatic heterocycles. The molecule has 3 aromatic carbocycles. The van der Waals surface area contributed by atoms with Gasteiger partial charge >= 0.3 is 0 Å². The Bertz CT molecular complexity index is 2240. The number of rotatable bonds is 5. The Balaban J connectivity index is 1.49. The maximum Gasteiger partial charge on any atom is 0.253 e. The molecule has 0 saturated heterocycles. The maximum absolute atomic E-state index is 14.6. The summed E-state index contributed by atoms with van der Waals surface area (Å²) < 4.78 is 68.6. The number of hydrogen-bond acceptors (Lipinski definition) is 6. The SMILES string of the molecule is CN(c1cc2oc(-c3ccc(F)cc3)c(C(N)=O)c2cc1-c1ccc2c(n1)-c1cc3c(F)cccc3n1CO2)S(C)(=O)=O. The minimum Gasteiger partial charge on any atom is -0.470 e. The summed E-state index contributed by atoms with van der Waals surface area (Å²) in [6.45, 7) is 0.160. The van der Waals surface area contributed by atoms with Crippen LogP contribution in [0.15, 0.2) is 77.2 Å². The van der Waals surface area contributed by atoms with Gasteiger partial charge in [0.05, 0.1) is 34.4 Å². The number of halogens is 2. The first kappa shape index (κ1) is 26.7. The Labute approximate surface area is 243 Å². The molecule has 7 rings (SSSR count). The molecule has 0 spiro atoms. The Hall–Kier alpha value is -5.23. The third kappa shape index (κ3) is 4.21. The number of primary amides is 1. The van der Waals surface area contributed by atoms with Crippen LogP contribution in [0.1, 0.15) is 10.4 Å². The lowest BCUT2D eigenvalue weighted by Gasteiger charge is -2.23. The average Bonchev–Trinajstić information content (AvgIpc) is 3.55. The summed E-state index contributed by atoms with van der Waals surface area (Å²) in [4.78, 5) is 17.6. The maximum atomic E-state index is 14.6. The summed E-state index contributed by atoms with van der Waals surface area (Å²) in [5.74, 6) is -1.05. The molecule has 0 unspecified atom stereocenters. The van der Waals surface area contributed by atoms with Crippen molar-refractivity contribution in [2.75, 3.05) is 17.6 Å². The van der Waals surface area contributed by atoms with Crippen molar-refractivity contribution in [2.24, 2.45) is 5.73 Å². The summed E-state index contributed by atoms with van der Waals surface area (Å²) in [6, 6.07) is 18.3. The first-order chi connectivity index (χ1) is 20.5. The number of carbonyl (C=O) groups excluding carboxylic acids is 1. The predicted octanol–water partition coefficient (Wildman–Crippen LogP) is 5.91. The van der Waals surface area contributed by atoms with Gasteiger partial charge in [-0.3, -0.25) is 9.10 Å². The van der Waals surface area contributed by atoms with Gasteiger partial charge in [0.15, 0.2) is 6.73 Å². The Morgan fingerprint density at radius 3 is 2.51 bits per heavy atom. The number of nitrogens with two attached hydrogens (primary N) is 1. The number of anilines is 1. The van der Waals surface area contributed by atoms with Crippen LogP contribution in [0, 0.1) is 11.6 Å². The van der Waals surface area contributed by atoms with Crippen molar-refractivity contribution in [2.45, 2.75) is 6.73 Å². The largest absolute Gasteiger partial charge is 0.470 e. The van der Waals surface area contributed by atoms with Crippen LogP contribution in [0.2, 0.25) is 0 Å². The summed E-state index contributed by atoms with van der Waals surface area (Å²) in [5.41, 5.74) is 9.09. The molecule has 216 valence electrons. The van der Waals surface area contributed by atoms with E-state index < -0.39 is 21.7 Å². The molecular formula is C31H22F2N4O5S. The van der Waals surface area contributed by atoms with E-state index >= 15 is 0 Å². The molecule has 12 heteroatoms. The highest BCUT2D eigenvalue weighted by Gasteiger charge is 2.28. The normalized spacial score (nSPS) is 12.7. The third-order valence-corrected chi connectivity index (χ3v) is 8.81. The number of amides is 1. The van der Waals surface area contributed by atoms with E-state index in [-0.39, 0.29) is 35.1 Å². The van der Waals surface area contributed by atoms with Gasteiger partial charge in [0, 0.05) is 35.0 Å². The van der Waals surface area contributed by atoms with Crippen LogP contribution in [0.4, 0.5) is 14.5 Å². The van der Waals surface area contributed by atoms with Crippen LogP contribution < -0.4 is 14.8 Å². The minimum absolute atomic E-state index is 0.0494. The van der Waals surface area contributed by atoms with Gasteiger partial charge in [-0.15, -0.1) is 0 Å². The van der Waals surface area contributed by atoms with E-state index in [4.69, 9.17) is 19.9 Å². The smallest absolute Gasteiger partial charge is 0.253 e. The molecule has 3 aromatic heterocycles. The van der Waals surface area contributed by atoms with Gasteiger partial charge in [-0.05, 0) is 60.7 Å². The monoisotopic (exact) mass is 600 g/mol. The molecule has 0 saturated carbocycles. The van der Waals surface area contributed by atoms with E-state index in [0.717, 1.165) is 10.6 Å². The van der Waals surface area contributed by atoms with Crippen molar-refractivity contribution in [1.82, 2.24) is 9.55 Å². The number of ether oxygens (including phenoxy) is 1. The van der Waals surface area contributed by atoms with Crippen molar-refractivity contribution >= 4 is 43.5 Å². The fourth-order valence-corrected chi connectivity index (χ4v) is 5.95. The first-order valence-corrected chi connectivity index (χ1v) is 14.9. The van der Waals surface area contributed by atoms with Crippen molar-refractivity contribution in [3.8, 4) is 39.7 Å². The molecule has 4 heterocycles. The van der Waals surface area contributed by atoms with Crippen LogP contribution in [-0.4, -0.2) is 37.2 Å². The van der Waals surface area contributed by atoms with Crippen molar-refractivity contribution in [1.29, 1.82) is 0 Å². The summed E-state index contributed by atoms with van der Waals surface area (Å²) in [7, 11) is -2.37. The number of aromatic nitrogens is 2. The van der Waals surface area contributed by atoms with Crippen molar-refractivity contribution in [3.63, 3.8) is 0 Å². The minimum atomic E-state index is -3.76. The molecule has 6 aromatic rings. The number of nitrogens with zero attached hydrogens (tertiary/aromatic N) is 3. The lowest BCUT2D eigenvalue weighted by atomic mass is 10.0. The molecule has 0 atom stereocenters. The third-order valence-electron chi connectivity index (χ3n) is 7.61.